The summed E-state index contributed by atoms with van der Waals surface area (Å²) in [6, 6.07) is 0. The minimum Gasteiger partial charge on any atom is -0.481 e. The molecule has 0 spiro atoms. The number of carboxylic acid groups (broad SMARTS) is 1. The molecule has 0 saturated carbocycles. The third kappa shape index (κ3) is 9.30. The molecule has 3 N–H and O–H groups in total. The number of aliphatic hydroxyl groups is 1. The van der Waals surface area contributed by atoms with Crippen LogP contribution in [0.25, 0.3) is 0 Å². The van der Waals surface area contributed by atoms with Gasteiger partial charge in [0.25, 0.3) is 0 Å². The molecule has 0 bridgehead atoms. The molecule has 0 aromatic heterocycles. The summed E-state index contributed by atoms with van der Waals surface area (Å²) in [7, 11) is 0. The third-order valence-corrected chi connectivity index (χ3v) is 1.45. The summed E-state index contributed by atoms with van der Waals surface area (Å²) in [5, 5.41) is 20.5. The van der Waals surface area contributed by atoms with E-state index < -0.39 is 12.1 Å². The molecule has 4 nitrogen and oxygen atoms in total. The lowest BCUT2D eigenvalue weighted by Crippen LogP contribution is -2.34. The number of nitrogens with one attached hydrogen (secondary N) is 1. The largest absolute Gasteiger partial charge is 0.481 e. The van der Waals surface area contributed by atoms with Crippen molar-refractivity contribution in [2.45, 2.75) is 33.3 Å². The minimum atomic E-state index is -0.968. The van der Waals surface area contributed by atoms with Gasteiger partial charge in [0, 0.05) is 13.1 Å². The Balaban J connectivity index is 3.48. The van der Waals surface area contributed by atoms with Crippen molar-refractivity contribution in [1.29, 1.82) is 0 Å². The van der Waals surface area contributed by atoms with Crippen LogP contribution in [-0.2, 0) is 4.79 Å². The lowest BCUT2D eigenvalue weighted by atomic mass is 9.97. The molecule has 0 amide bonds. The molecule has 13 heavy (non-hydrogen) atoms. The number of carbonyl (C=O) groups is 1. The fourth-order valence-electron chi connectivity index (χ4n) is 0.888. The summed E-state index contributed by atoms with van der Waals surface area (Å²) in [4.78, 5) is 10.2. The Hall–Kier alpha value is -0.610. The molecule has 0 heterocycles. The average Bonchev–Trinajstić information content (AvgIpc) is 1.81. The molecule has 4 heteroatoms. The Labute approximate surface area is 79.0 Å². The maximum absolute atomic E-state index is 10.2. The normalized spacial score (nSPS) is 14.2. The number of hydrogen-bond acceptors (Lipinski definition) is 3. The van der Waals surface area contributed by atoms with Crippen LogP contribution in [0.3, 0.4) is 0 Å². The van der Waals surface area contributed by atoms with Gasteiger partial charge in [0.15, 0.2) is 0 Å². The van der Waals surface area contributed by atoms with E-state index in [9.17, 15) is 9.90 Å². The maximum Gasteiger partial charge on any atom is 0.306 e. The molecule has 0 fully saturated rings. The first kappa shape index (κ1) is 12.4. The smallest absolute Gasteiger partial charge is 0.306 e. The highest BCUT2D eigenvalue weighted by Crippen LogP contribution is 2.10. The van der Waals surface area contributed by atoms with Crippen LogP contribution in [0.1, 0.15) is 27.2 Å². The third-order valence-electron chi connectivity index (χ3n) is 1.45. The Morgan fingerprint density at radius 1 is 1.46 bits per heavy atom. The molecular formula is C9H19NO3. The molecule has 1 unspecified atom stereocenters. The highest BCUT2D eigenvalue weighted by molar-refractivity contribution is 5.67. The second kappa shape index (κ2) is 5.19. The predicted octanol–water partition coefficient (Wildman–Crippen LogP) is 0.458. The molecule has 1 atom stereocenters. The zero-order chi connectivity index (χ0) is 10.5. The van der Waals surface area contributed by atoms with Gasteiger partial charge in [-0.3, -0.25) is 4.79 Å². The van der Waals surface area contributed by atoms with Crippen molar-refractivity contribution in [1.82, 2.24) is 5.32 Å². The molecule has 0 aliphatic carbocycles. The van der Waals surface area contributed by atoms with Gasteiger partial charge in [-0.05, 0) is 5.41 Å². The van der Waals surface area contributed by atoms with E-state index in [1.807, 2.05) is 0 Å². The van der Waals surface area contributed by atoms with Gasteiger partial charge in [0.05, 0.1) is 12.5 Å². The Morgan fingerprint density at radius 2 is 2.00 bits per heavy atom. The quantitative estimate of drug-likeness (QED) is 0.587. The average molecular weight is 189 g/mol. The van der Waals surface area contributed by atoms with Crippen molar-refractivity contribution in [3.05, 3.63) is 0 Å². The minimum absolute atomic E-state index is 0.156. The van der Waals surface area contributed by atoms with E-state index in [4.69, 9.17) is 5.11 Å². The zero-order valence-corrected chi connectivity index (χ0v) is 8.50. The summed E-state index contributed by atoms with van der Waals surface area (Å²) in [6.45, 7) is 7.32. The van der Waals surface area contributed by atoms with Gasteiger partial charge in [-0.25, -0.2) is 0 Å². The highest BCUT2D eigenvalue weighted by Gasteiger charge is 2.12. The van der Waals surface area contributed by atoms with E-state index in [0.717, 1.165) is 6.54 Å². The van der Waals surface area contributed by atoms with Crippen molar-refractivity contribution in [3.63, 3.8) is 0 Å². The van der Waals surface area contributed by atoms with Crippen LogP contribution < -0.4 is 5.32 Å². The van der Waals surface area contributed by atoms with Gasteiger partial charge in [-0.1, -0.05) is 20.8 Å². The van der Waals surface area contributed by atoms with Crippen LogP contribution in [0.15, 0.2) is 0 Å². The Bertz CT molecular complexity index is 163. The Kier molecular flexibility index (Phi) is 4.95. The first-order chi connectivity index (χ1) is 5.81. The lowest BCUT2D eigenvalue weighted by Gasteiger charge is -2.19. The van der Waals surface area contributed by atoms with Crippen molar-refractivity contribution < 1.29 is 15.0 Å². The number of rotatable bonds is 5. The van der Waals surface area contributed by atoms with Crippen molar-refractivity contribution in [2.24, 2.45) is 5.41 Å². The molecule has 0 aliphatic heterocycles. The van der Waals surface area contributed by atoms with Crippen LogP contribution in [0.2, 0.25) is 0 Å². The van der Waals surface area contributed by atoms with Gasteiger partial charge in [0.2, 0.25) is 0 Å². The second-order valence-corrected chi connectivity index (χ2v) is 4.44. The second-order valence-electron chi connectivity index (χ2n) is 4.44. The molecule has 0 aromatic rings. The molecular weight excluding hydrogens is 170 g/mol. The van der Waals surface area contributed by atoms with E-state index in [1.165, 1.54) is 0 Å². The van der Waals surface area contributed by atoms with Gasteiger partial charge in [0.1, 0.15) is 0 Å². The van der Waals surface area contributed by atoms with E-state index in [2.05, 4.69) is 26.1 Å². The fraction of sp³-hybridized carbons (Fsp3) is 0.889. The molecule has 0 rings (SSSR count). The van der Waals surface area contributed by atoms with E-state index in [-0.39, 0.29) is 11.8 Å². The van der Waals surface area contributed by atoms with Crippen LogP contribution in [-0.4, -0.2) is 35.4 Å². The fourth-order valence-corrected chi connectivity index (χ4v) is 0.888. The number of aliphatic hydroxyl groups excluding tert-OH is 1. The number of hydrogen-bond donors (Lipinski definition) is 3. The number of aliphatic carboxylic acids is 1. The summed E-state index contributed by atoms with van der Waals surface area (Å²) < 4.78 is 0. The van der Waals surface area contributed by atoms with Crippen molar-refractivity contribution in [3.8, 4) is 0 Å². The summed E-state index contributed by atoms with van der Waals surface area (Å²) in [6.07, 6.45) is -0.989. The van der Waals surface area contributed by atoms with Crippen LogP contribution in [0, 0.1) is 5.41 Å². The standard InChI is InChI=1S/C9H19NO3/c1-9(2,3)6-10-5-7(11)4-8(12)13/h7,10-11H,4-6H2,1-3H3,(H,12,13). The first-order valence-electron chi connectivity index (χ1n) is 4.42. The highest BCUT2D eigenvalue weighted by atomic mass is 16.4. The van der Waals surface area contributed by atoms with Gasteiger partial charge < -0.3 is 15.5 Å². The lowest BCUT2D eigenvalue weighted by molar-refractivity contribution is -0.139. The van der Waals surface area contributed by atoms with Gasteiger partial charge in [-0.15, -0.1) is 0 Å². The van der Waals surface area contributed by atoms with E-state index >= 15 is 0 Å². The van der Waals surface area contributed by atoms with Crippen LogP contribution >= 0.6 is 0 Å². The molecule has 0 aromatic carbocycles. The SMILES string of the molecule is CC(C)(C)CNCC(O)CC(=O)O. The zero-order valence-electron chi connectivity index (χ0n) is 8.50. The van der Waals surface area contributed by atoms with Crippen molar-refractivity contribution in [2.75, 3.05) is 13.1 Å². The van der Waals surface area contributed by atoms with E-state index in [0.29, 0.717) is 6.54 Å². The summed E-state index contributed by atoms with van der Waals surface area (Å²) in [5.41, 5.74) is 0.156. The van der Waals surface area contributed by atoms with Crippen molar-refractivity contribution >= 4 is 5.97 Å². The van der Waals surface area contributed by atoms with Gasteiger partial charge >= 0.3 is 5.97 Å². The topological polar surface area (TPSA) is 69.6 Å². The van der Waals surface area contributed by atoms with E-state index in [1.54, 1.807) is 0 Å². The monoisotopic (exact) mass is 189 g/mol. The summed E-state index contributed by atoms with van der Waals surface area (Å²) >= 11 is 0. The van der Waals surface area contributed by atoms with Crippen LogP contribution in [0.4, 0.5) is 0 Å². The molecule has 78 valence electrons. The maximum atomic E-state index is 10.2. The Morgan fingerprint density at radius 3 is 2.38 bits per heavy atom. The van der Waals surface area contributed by atoms with Gasteiger partial charge in [-0.2, -0.15) is 0 Å². The first-order valence-corrected chi connectivity index (χ1v) is 4.42. The molecule has 0 aliphatic rings. The predicted molar refractivity (Wildman–Crippen MR) is 50.6 cm³/mol. The molecule has 0 saturated heterocycles. The number of carboxylic acids is 1. The summed E-state index contributed by atoms with van der Waals surface area (Å²) in [5.74, 6) is -0.968. The molecule has 0 radical (unpaired) electrons. The van der Waals surface area contributed by atoms with Crippen LogP contribution in [0.5, 0.6) is 0 Å².